The molecule has 1 N–H and O–H groups in total. The standard InChI is InChI=1S/C18H21N7O2/c1-12-14(17(27)23-9-7-22(8-10-23)13-4-5-13)11-19-25(12)18-20-16(26)15-3-2-6-24(15)21-18/h2-3,6,11,13H,4-5,7-10H2,1H3,(H,20,21,26). The normalized spacial score (nSPS) is 18.3. The Labute approximate surface area is 155 Å². The van der Waals surface area contributed by atoms with E-state index in [9.17, 15) is 9.59 Å². The third-order valence-corrected chi connectivity index (χ3v) is 5.49. The Morgan fingerprint density at radius 1 is 1.22 bits per heavy atom. The van der Waals surface area contributed by atoms with Gasteiger partial charge in [0.05, 0.1) is 17.5 Å². The first kappa shape index (κ1) is 16.2. The Morgan fingerprint density at radius 3 is 2.74 bits per heavy atom. The van der Waals surface area contributed by atoms with Crippen molar-refractivity contribution < 1.29 is 4.79 Å². The average Bonchev–Trinajstić information content (AvgIpc) is 3.29. The monoisotopic (exact) mass is 367 g/mol. The van der Waals surface area contributed by atoms with E-state index >= 15 is 0 Å². The van der Waals surface area contributed by atoms with Gasteiger partial charge in [0.25, 0.3) is 11.5 Å². The molecular weight excluding hydrogens is 346 g/mol. The molecule has 0 radical (unpaired) electrons. The topological polar surface area (TPSA) is 91.5 Å². The number of aromatic amines is 1. The van der Waals surface area contributed by atoms with Gasteiger partial charge in [-0.3, -0.25) is 19.5 Å². The van der Waals surface area contributed by atoms with Gasteiger partial charge in [0.15, 0.2) is 0 Å². The molecule has 0 spiro atoms. The number of aromatic nitrogens is 5. The predicted molar refractivity (Wildman–Crippen MR) is 98.2 cm³/mol. The summed E-state index contributed by atoms with van der Waals surface area (Å²) in [5.74, 6) is 0.275. The van der Waals surface area contributed by atoms with E-state index in [2.05, 4.69) is 20.1 Å². The molecule has 5 rings (SSSR count). The number of nitrogens with zero attached hydrogens (tertiary/aromatic N) is 6. The van der Waals surface area contributed by atoms with Crippen LogP contribution in [0.25, 0.3) is 11.5 Å². The molecule has 1 amide bonds. The maximum absolute atomic E-state index is 13.0. The second-order valence-corrected chi connectivity index (χ2v) is 7.23. The lowest BCUT2D eigenvalue weighted by Crippen LogP contribution is -2.49. The molecule has 4 heterocycles. The minimum absolute atomic E-state index is 0.0152. The van der Waals surface area contributed by atoms with Gasteiger partial charge in [-0.2, -0.15) is 5.10 Å². The second-order valence-electron chi connectivity index (χ2n) is 7.23. The number of piperazine rings is 1. The van der Waals surface area contributed by atoms with Crippen LogP contribution in [0.3, 0.4) is 0 Å². The van der Waals surface area contributed by atoms with Crippen molar-refractivity contribution in [2.45, 2.75) is 25.8 Å². The second kappa shape index (κ2) is 6.05. The molecule has 9 nitrogen and oxygen atoms in total. The summed E-state index contributed by atoms with van der Waals surface area (Å²) < 4.78 is 3.02. The van der Waals surface area contributed by atoms with E-state index in [-0.39, 0.29) is 11.5 Å². The molecule has 2 fully saturated rings. The maximum atomic E-state index is 13.0. The lowest BCUT2D eigenvalue weighted by Gasteiger charge is -2.34. The summed E-state index contributed by atoms with van der Waals surface area (Å²) in [4.78, 5) is 32.2. The molecule has 0 bridgehead atoms. The lowest BCUT2D eigenvalue weighted by atomic mass is 10.2. The highest BCUT2D eigenvalue weighted by atomic mass is 16.2. The summed E-state index contributed by atoms with van der Waals surface area (Å²) in [6.45, 7) is 5.17. The van der Waals surface area contributed by atoms with E-state index in [1.807, 2.05) is 11.8 Å². The van der Waals surface area contributed by atoms with E-state index < -0.39 is 0 Å². The number of carbonyl (C=O) groups is 1. The molecular formula is C18H21N7O2. The van der Waals surface area contributed by atoms with Crippen LogP contribution in [0.5, 0.6) is 0 Å². The zero-order valence-electron chi connectivity index (χ0n) is 15.1. The molecule has 1 aliphatic heterocycles. The van der Waals surface area contributed by atoms with E-state index in [0.29, 0.717) is 22.7 Å². The van der Waals surface area contributed by atoms with Gasteiger partial charge < -0.3 is 4.90 Å². The van der Waals surface area contributed by atoms with Crippen molar-refractivity contribution in [2.75, 3.05) is 26.2 Å². The molecule has 1 saturated heterocycles. The van der Waals surface area contributed by atoms with Gasteiger partial charge in [-0.05, 0) is 31.9 Å². The SMILES string of the molecule is Cc1c(C(=O)N2CCN(C3CC3)CC2)cnn1-c1nn2cccc2c(=O)[nH]1. The van der Waals surface area contributed by atoms with Crippen LogP contribution in [-0.2, 0) is 0 Å². The van der Waals surface area contributed by atoms with Crippen LogP contribution < -0.4 is 5.56 Å². The summed E-state index contributed by atoms with van der Waals surface area (Å²) in [6.07, 6.45) is 5.84. The molecule has 9 heteroatoms. The Kier molecular flexibility index (Phi) is 3.64. The zero-order valence-corrected chi connectivity index (χ0v) is 15.1. The van der Waals surface area contributed by atoms with Gasteiger partial charge in [0.2, 0.25) is 5.95 Å². The molecule has 140 valence electrons. The average molecular weight is 367 g/mol. The van der Waals surface area contributed by atoms with Crippen LogP contribution in [0.4, 0.5) is 0 Å². The van der Waals surface area contributed by atoms with Crippen LogP contribution in [-0.4, -0.2) is 72.3 Å². The zero-order chi connectivity index (χ0) is 18.5. The quantitative estimate of drug-likeness (QED) is 0.725. The number of hydrogen-bond donors (Lipinski definition) is 1. The molecule has 2 aliphatic rings. The van der Waals surface area contributed by atoms with Crippen molar-refractivity contribution >= 4 is 11.4 Å². The van der Waals surface area contributed by atoms with E-state index in [1.165, 1.54) is 22.0 Å². The summed E-state index contributed by atoms with van der Waals surface area (Å²) in [6, 6.07) is 4.19. The van der Waals surface area contributed by atoms with Crippen LogP contribution in [0.2, 0.25) is 0 Å². The van der Waals surface area contributed by atoms with Crippen LogP contribution in [0.15, 0.2) is 29.3 Å². The fourth-order valence-corrected chi connectivity index (χ4v) is 3.76. The molecule has 1 saturated carbocycles. The van der Waals surface area contributed by atoms with E-state index in [0.717, 1.165) is 32.2 Å². The predicted octanol–water partition coefficient (Wildman–Crippen LogP) is 0.437. The third-order valence-electron chi connectivity index (χ3n) is 5.49. The first-order valence-electron chi connectivity index (χ1n) is 9.28. The first-order valence-corrected chi connectivity index (χ1v) is 9.28. The minimum Gasteiger partial charge on any atom is -0.336 e. The largest absolute Gasteiger partial charge is 0.336 e. The van der Waals surface area contributed by atoms with Crippen molar-refractivity contribution in [2.24, 2.45) is 0 Å². The van der Waals surface area contributed by atoms with Crippen molar-refractivity contribution in [1.29, 1.82) is 0 Å². The molecule has 0 aromatic carbocycles. The van der Waals surface area contributed by atoms with Gasteiger partial charge in [-0.25, -0.2) is 9.20 Å². The summed E-state index contributed by atoms with van der Waals surface area (Å²) in [5.41, 5.74) is 1.43. The molecule has 0 atom stereocenters. The summed E-state index contributed by atoms with van der Waals surface area (Å²) in [5, 5.41) is 8.68. The number of fused-ring (bicyclic) bond motifs is 1. The van der Waals surface area contributed by atoms with Crippen molar-refractivity contribution in [3.63, 3.8) is 0 Å². The fraction of sp³-hybridized carbons (Fsp3) is 0.444. The third kappa shape index (κ3) is 2.74. The number of H-pyrrole nitrogens is 1. The summed E-state index contributed by atoms with van der Waals surface area (Å²) >= 11 is 0. The number of carbonyl (C=O) groups excluding carboxylic acids is 1. The van der Waals surface area contributed by atoms with Crippen LogP contribution >= 0.6 is 0 Å². The molecule has 3 aromatic rings. The molecule has 3 aromatic heterocycles. The highest BCUT2D eigenvalue weighted by molar-refractivity contribution is 5.95. The number of hydrogen-bond acceptors (Lipinski definition) is 5. The number of amides is 1. The number of rotatable bonds is 3. The molecule has 1 aliphatic carbocycles. The van der Waals surface area contributed by atoms with Gasteiger partial charge in [0.1, 0.15) is 5.52 Å². The fourth-order valence-electron chi connectivity index (χ4n) is 3.76. The Hall–Kier alpha value is -2.94. The van der Waals surface area contributed by atoms with E-state index in [1.54, 1.807) is 24.5 Å². The highest BCUT2D eigenvalue weighted by Gasteiger charge is 2.33. The Balaban J connectivity index is 1.40. The smallest absolute Gasteiger partial charge is 0.276 e. The highest BCUT2D eigenvalue weighted by Crippen LogP contribution is 2.27. The van der Waals surface area contributed by atoms with Gasteiger partial charge in [0, 0.05) is 38.4 Å². The molecule has 27 heavy (non-hydrogen) atoms. The lowest BCUT2D eigenvalue weighted by molar-refractivity contribution is 0.0626. The maximum Gasteiger partial charge on any atom is 0.276 e. The summed E-state index contributed by atoms with van der Waals surface area (Å²) in [7, 11) is 0. The van der Waals surface area contributed by atoms with Gasteiger partial charge in [-0.15, -0.1) is 5.10 Å². The van der Waals surface area contributed by atoms with Crippen LogP contribution in [0, 0.1) is 6.92 Å². The van der Waals surface area contributed by atoms with Crippen molar-refractivity contribution in [3.8, 4) is 5.95 Å². The number of nitrogens with one attached hydrogen (secondary N) is 1. The first-order chi connectivity index (χ1) is 13.1. The minimum atomic E-state index is -0.246. The molecule has 0 unspecified atom stereocenters. The van der Waals surface area contributed by atoms with Crippen molar-refractivity contribution in [1.82, 2.24) is 34.2 Å². The Bertz CT molecular complexity index is 1070. The van der Waals surface area contributed by atoms with Crippen molar-refractivity contribution in [3.05, 3.63) is 46.1 Å². The van der Waals surface area contributed by atoms with Gasteiger partial charge in [-0.1, -0.05) is 0 Å². The van der Waals surface area contributed by atoms with E-state index in [4.69, 9.17) is 0 Å². The Morgan fingerprint density at radius 2 is 2.00 bits per heavy atom. The van der Waals surface area contributed by atoms with Gasteiger partial charge >= 0.3 is 0 Å². The van der Waals surface area contributed by atoms with Crippen LogP contribution in [0.1, 0.15) is 28.9 Å².